The molecule has 9 nitrogen and oxygen atoms in total. The lowest BCUT2D eigenvalue weighted by molar-refractivity contribution is -0.185. The summed E-state index contributed by atoms with van der Waals surface area (Å²) in [6, 6.07) is 0. The molecule has 2 aliphatic rings. The van der Waals surface area contributed by atoms with Gasteiger partial charge < -0.3 is 25.4 Å². The molecule has 2 aromatic rings. The third-order valence-electron chi connectivity index (χ3n) is 3.94. The van der Waals surface area contributed by atoms with E-state index >= 15 is 0 Å². The molecule has 0 aromatic carbocycles. The van der Waals surface area contributed by atoms with Crippen LogP contribution in [0.2, 0.25) is 0 Å². The molecule has 0 aliphatic carbocycles. The second-order valence-electron chi connectivity index (χ2n) is 5.03. The summed E-state index contributed by atoms with van der Waals surface area (Å²) in [5.74, 6) is 0.273. The number of anilines is 1. The highest BCUT2D eigenvalue weighted by Gasteiger charge is 2.61. The summed E-state index contributed by atoms with van der Waals surface area (Å²) in [6.07, 6.45) is 0.778. The maximum Gasteiger partial charge on any atom is 0.167 e. The second-order valence-corrected chi connectivity index (χ2v) is 5.03. The summed E-state index contributed by atoms with van der Waals surface area (Å²) >= 11 is 0. The number of nitrogen functional groups attached to an aromatic ring is 1. The number of aliphatic hydroxyl groups is 2. The van der Waals surface area contributed by atoms with Crippen LogP contribution >= 0.6 is 0 Å². The second kappa shape index (κ2) is 3.85. The number of fused-ring (bicyclic) bond motifs is 3. The van der Waals surface area contributed by atoms with Gasteiger partial charge in [0.05, 0.1) is 19.5 Å². The van der Waals surface area contributed by atoms with Crippen LogP contribution in [0.1, 0.15) is 6.23 Å². The molecule has 106 valence electrons. The van der Waals surface area contributed by atoms with E-state index < -0.39 is 24.0 Å². The molecule has 4 heterocycles. The molecule has 2 aliphatic heterocycles. The first kappa shape index (κ1) is 12.0. The van der Waals surface area contributed by atoms with Gasteiger partial charge in [0.15, 0.2) is 17.7 Å². The summed E-state index contributed by atoms with van der Waals surface area (Å²) < 4.78 is 13.0. The Morgan fingerprint density at radius 3 is 3.05 bits per heavy atom. The van der Waals surface area contributed by atoms with Gasteiger partial charge in [-0.3, -0.25) is 4.57 Å². The minimum absolute atomic E-state index is 0.162. The first-order valence-electron chi connectivity index (χ1n) is 6.18. The summed E-state index contributed by atoms with van der Waals surface area (Å²) in [6.45, 7) is -0.152. The Kier molecular flexibility index (Phi) is 2.31. The largest absolute Gasteiger partial charge is 0.393 e. The van der Waals surface area contributed by atoms with Crippen molar-refractivity contribution in [3.8, 4) is 0 Å². The van der Waals surface area contributed by atoms with Gasteiger partial charge in [-0.15, -0.1) is 0 Å². The Morgan fingerprint density at radius 2 is 2.30 bits per heavy atom. The van der Waals surface area contributed by atoms with E-state index in [-0.39, 0.29) is 19.0 Å². The Hall–Kier alpha value is -1.81. The molecule has 0 amide bonds. The first-order valence-corrected chi connectivity index (χ1v) is 6.18. The Labute approximate surface area is 113 Å². The normalized spacial score (nSPS) is 36.0. The van der Waals surface area contributed by atoms with Crippen LogP contribution in [0.15, 0.2) is 12.7 Å². The molecule has 0 spiro atoms. The first-order chi connectivity index (χ1) is 9.66. The van der Waals surface area contributed by atoms with Crippen molar-refractivity contribution in [2.75, 3.05) is 18.9 Å². The van der Waals surface area contributed by atoms with Crippen LogP contribution in [0.4, 0.5) is 5.82 Å². The predicted molar refractivity (Wildman–Crippen MR) is 65.4 cm³/mol. The van der Waals surface area contributed by atoms with Gasteiger partial charge in [-0.25, -0.2) is 15.0 Å². The standard InChI is InChI=1S/C11H13N5O4/c12-8-5-9(14-3-13-8)16(4-15-5)10-6-7(18)11(1-17,20-10)2-19-6/h3-4,6-7,10,17-18H,1-2H2,(H2,12,13,14)/t6-,7+,10+,11+/m0/s1. The Bertz CT molecular complexity index is 676. The lowest BCUT2D eigenvalue weighted by Crippen LogP contribution is -2.44. The van der Waals surface area contributed by atoms with Crippen LogP contribution in [0.3, 0.4) is 0 Å². The minimum Gasteiger partial charge on any atom is -0.393 e. The number of aromatic nitrogens is 4. The molecule has 9 heteroatoms. The van der Waals surface area contributed by atoms with Crippen LogP contribution in [-0.4, -0.2) is 60.8 Å². The molecule has 2 bridgehead atoms. The molecule has 0 saturated carbocycles. The van der Waals surface area contributed by atoms with Gasteiger partial charge in [0.25, 0.3) is 0 Å². The van der Waals surface area contributed by atoms with Crippen LogP contribution in [0.25, 0.3) is 11.2 Å². The van der Waals surface area contributed by atoms with E-state index in [1.54, 1.807) is 4.57 Å². The monoisotopic (exact) mass is 279 g/mol. The molecular formula is C11H13N5O4. The highest BCUT2D eigenvalue weighted by molar-refractivity contribution is 5.81. The summed E-state index contributed by atoms with van der Waals surface area (Å²) in [5.41, 5.74) is 5.62. The molecule has 4 N–H and O–H groups in total. The van der Waals surface area contributed by atoms with E-state index in [1.165, 1.54) is 12.7 Å². The number of hydrogen-bond donors (Lipinski definition) is 3. The van der Waals surface area contributed by atoms with Crippen LogP contribution < -0.4 is 5.73 Å². The molecule has 0 unspecified atom stereocenters. The Balaban J connectivity index is 1.80. The number of rotatable bonds is 2. The lowest BCUT2D eigenvalue weighted by atomic mass is 10.0. The average Bonchev–Trinajstić information content (AvgIpc) is 3.10. The van der Waals surface area contributed by atoms with E-state index in [4.69, 9.17) is 15.2 Å². The zero-order valence-electron chi connectivity index (χ0n) is 10.4. The third kappa shape index (κ3) is 1.32. The van der Waals surface area contributed by atoms with Crippen molar-refractivity contribution in [2.45, 2.75) is 24.0 Å². The van der Waals surface area contributed by atoms with Gasteiger partial charge in [0.1, 0.15) is 29.7 Å². The fourth-order valence-electron chi connectivity index (χ4n) is 2.81. The van der Waals surface area contributed by atoms with Crippen LogP contribution in [0.5, 0.6) is 0 Å². The minimum atomic E-state index is -1.08. The van der Waals surface area contributed by atoms with Gasteiger partial charge in [-0.2, -0.15) is 0 Å². The SMILES string of the molecule is Nc1ncnc2c1ncn2[C@@H]1O[C@]2(CO)CO[C@H]1[C@H]2O. The van der Waals surface area contributed by atoms with Crippen molar-refractivity contribution in [1.29, 1.82) is 0 Å². The third-order valence-corrected chi connectivity index (χ3v) is 3.94. The topological polar surface area (TPSA) is 129 Å². The zero-order chi connectivity index (χ0) is 13.9. The number of aliphatic hydroxyl groups excluding tert-OH is 2. The number of hydrogen-bond acceptors (Lipinski definition) is 8. The van der Waals surface area contributed by atoms with E-state index in [2.05, 4.69) is 15.0 Å². The smallest absolute Gasteiger partial charge is 0.167 e. The summed E-state index contributed by atoms with van der Waals surface area (Å²) in [7, 11) is 0. The van der Waals surface area contributed by atoms with Crippen molar-refractivity contribution in [3.63, 3.8) is 0 Å². The molecule has 0 radical (unpaired) electrons. The van der Waals surface area contributed by atoms with Gasteiger partial charge in [0.2, 0.25) is 0 Å². The molecule has 2 saturated heterocycles. The Morgan fingerprint density at radius 1 is 1.45 bits per heavy atom. The van der Waals surface area contributed by atoms with E-state index in [9.17, 15) is 10.2 Å². The van der Waals surface area contributed by atoms with Crippen molar-refractivity contribution >= 4 is 17.0 Å². The molecule has 4 atom stereocenters. The van der Waals surface area contributed by atoms with E-state index in [1.807, 2.05) is 0 Å². The quantitative estimate of drug-likeness (QED) is 0.601. The van der Waals surface area contributed by atoms with Crippen LogP contribution in [-0.2, 0) is 9.47 Å². The number of imidazole rings is 1. The molecule has 2 fully saturated rings. The fourth-order valence-corrected chi connectivity index (χ4v) is 2.81. The number of nitrogens with two attached hydrogens (primary N) is 1. The predicted octanol–water partition coefficient (Wildman–Crippen LogP) is -1.57. The number of ether oxygens (including phenoxy) is 2. The zero-order valence-corrected chi connectivity index (χ0v) is 10.4. The fraction of sp³-hybridized carbons (Fsp3) is 0.545. The maximum absolute atomic E-state index is 10.2. The van der Waals surface area contributed by atoms with Crippen molar-refractivity contribution in [2.24, 2.45) is 0 Å². The van der Waals surface area contributed by atoms with Crippen molar-refractivity contribution < 1.29 is 19.7 Å². The van der Waals surface area contributed by atoms with E-state index in [0.29, 0.717) is 11.2 Å². The molecule has 20 heavy (non-hydrogen) atoms. The average molecular weight is 279 g/mol. The maximum atomic E-state index is 10.2. The molecule has 4 rings (SSSR count). The van der Waals surface area contributed by atoms with Gasteiger partial charge in [-0.1, -0.05) is 0 Å². The van der Waals surface area contributed by atoms with Crippen molar-refractivity contribution in [1.82, 2.24) is 19.5 Å². The molecular weight excluding hydrogens is 266 g/mol. The van der Waals surface area contributed by atoms with Crippen LogP contribution in [0, 0.1) is 0 Å². The highest BCUT2D eigenvalue weighted by Crippen LogP contribution is 2.45. The van der Waals surface area contributed by atoms with Gasteiger partial charge in [0, 0.05) is 0 Å². The molecule has 2 aromatic heterocycles. The van der Waals surface area contributed by atoms with E-state index in [0.717, 1.165) is 0 Å². The van der Waals surface area contributed by atoms with Gasteiger partial charge in [-0.05, 0) is 0 Å². The highest BCUT2D eigenvalue weighted by atomic mass is 16.7. The van der Waals surface area contributed by atoms with Crippen molar-refractivity contribution in [3.05, 3.63) is 12.7 Å². The summed E-state index contributed by atoms with van der Waals surface area (Å²) in [4.78, 5) is 12.2. The lowest BCUT2D eigenvalue weighted by Gasteiger charge is -2.29. The van der Waals surface area contributed by atoms with Gasteiger partial charge >= 0.3 is 0 Å². The number of nitrogens with zero attached hydrogens (tertiary/aromatic N) is 4. The summed E-state index contributed by atoms with van der Waals surface area (Å²) in [5, 5.41) is 19.6.